The Balaban J connectivity index is 1.70. The fraction of sp³-hybridized carbons (Fsp3) is 0.538. The van der Waals surface area contributed by atoms with Crippen LogP contribution >= 0.6 is 23.2 Å². The molecule has 0 bridgehead atoms. The van der Waals surface area contributed by atoms with Crippen molar-refractivity contribution in [1.82, 2.24) is 5.32 Å². The Morgan fingerprint density at radius 1 is 1.35 bits per heavy atom. The van der Waals surface area contributed by atoms with Crippen LogP contribution in [0.4, 0.5) is 0 Å². The molecule has 1 atom stereocenters. The molecule has 1 aromatic rings. The average molecular weight is 274 g/mol. The Labute approximate surface area is 112 Å². The number of nitrogens with one attached hydrogen (secondary N) is 1. The molecule has 1 unspecified atom stereocenters. The molecule has 0 aliphatic carbocycles. The summed E-state index contributed by atoms with van der Waals surface area (Å²) in [6.45, 7) is 3.65. The maximum atomic E-state index is 6.09. The van der Waals surface area contributed by atoms with Crippen LogP contribution < -0.4 is 5.32 Å². The molecule has 0 amide bonds. The average Bonchev–Trinajstić information content (AvgIpc) is 2.79. The maximum absolute atomic E-state index is 6.09. The van der Waals surface area contributed by atoms with E-state index in [4.69, 9.17) is 27.9 Å². The van der Waals surface area contributed by atoms with Crippen molar-refractivity contribution >= 4 is 23.2 Å². The molecule has 4 heteroatoms. The molecular formula is C13H17Cl2NO. The smallest absolute Gasteiger partial charge is 0.0495 e. The number of halogens is 2. The lowest BCUT2D eigenvalue weighted by molar-refractivity contribution is 0.184. The first-order valence-corrected chi connectivity index (χ1v) is 6.73. The van der Waals surface area contributed by atoms with Crippen molar-refractivity contribution in [2.24, 2.45) is 5.92 Å². The van der Waals surface area contributed by atoms with Gasteiger partial charge in [-0.1, -0.05) is 29.3 Å². The molecule has 1 heterocycles. The van der Waals surface area contributed by atoms with E-state index in [0.29, 0.717) is 5.02 Å². The molecule has 1 aliphatic heterocycles. The van der Waals surface area contributed by atoms with Gasteiger partial charge in [0.2, 0.25) is 0 Å². The van der Waals surface area contributed by atoms with Gasteiger partial charge in [-0.3, -0.25) is 0 Å². The molecule has 17 heavy (non-hydrogen) atoms. The third kappa shape index (κ3) is 4.14. The van der Waals surface area contributed by atoms with Crippen LogP contribution in [-0.4, -0.2) is 19.8 Å². The van der Waals surface area contributed by atoms with Crippen molar-refractivity contribution in [3.05, 3.63) is 33.8 Å². The van der Waals surface area contributed by atoms with Crippen molar-refractivity contribution in [3.8, 4) is 0 Å². The van der Waals surface area contributed by atoms with E-state index in [0.717, 1.165) is 42.8 Å². The van der Waals surface area contributed by atoms with Gasteiger partial charge in [0.05, 0.1) is 0 Å². The zero-order valence-electron chi connectivity index (χ0n) is 9.72. The van der Waals surface area contributed by atoms with E-state index in [9.17, 15) is 0 Å². The fourth-order valence-corrected chi connectivity index (χ4v) is 2.48. The minimum atomic E-state index is 0.682. The third-order valence-electron chi connectivity index (χ3n) is 3.08. The summed E-state index contributed by atoms with van der Waals surface area (Å²) in [5.41, 5.74) is 1.10. The molecule has 1 saturated heterocycles. The zero-order chi connectivity index (χ0) is 12.1. The summed E-state index contributed by atoms with van der Waals surface area (Å²) in [7, 11) is 0. The number of benzene rings is 1. The van der Waals surface area contributed by atoms with Crippen LogP contribution in [0.2, 0.25) is 10.0 Å². The van der Waals surface area contributed by atoms with Gasteiger partial charge in [0.25, 0.3) is 0 Å². The summed E-state index contributed by atoms with van der Waals surface area (Å²) >= 11 is 11.9. The molecule has 0 spiro atoms. The lowest BCUT2D eigenvalue weighted by Gasteiger charge is -2.09. The van der Waals surface area contributed by atoms with Gasteiger partial charge in [-0.2, -0.15) is 0 Å². The Kier molecular flexibility index (Phi) is 5.11. The normalized spacial score (nSPS) is 19.8. The predicted octanol–water partition coefficient (Wildman–Crippen LogP) is 3.51. The summed E-state index contributed by atoms with van der Waals surface area (Å²) in [6.07, 6.45) is 2.37. The van der Waals surface area contributed by atoms with Crippen LogP contribution in [0.25, 0.3) is 0 Å². The molecule has 1 N–H and O–H groups in total. The molecule has 1 fully saturated rings. The van der Waals surface area contributed by atoms with E-state index in [1.807, 2.05) is 12.1 Å². The SMILES string of the molecule is Clc1ccc(CNCCC2CCOC2)c(Cl)c1. The van der Waals surface area contributed by atoms with Gasteiger partial charge in [-0.15, -0.1) is 0 Å². The largest absolute Gasteiger partial charge is 0.381 e. The third-order valence-corrected chi connectivity index (χ3v) is 3.67. The first-order valence-electron chi connectivity index (χ1n) is 5.98. The highest BCUT2D eigenvalue weighted by Gasteiger charge is 2.14. The Morgan fingerprint density at radius 3 is 2.94 bits per heavy atom. The lowest BCUT2D eigenvalue weighted by Crippen LogP contribution is -2.18. The van der Waals surface area contributed by atoms with Crippen molar-refractivity contribution < 1.29 is 4.74 Å². The highest BCUT2D eigenvalue weighted by Crippen LogP contribution is 2.21. The monoisotopic (exact) mass is 273 g/mol. The van der Waals surface area contributed by atoms with E-state index in [1.165, 1.54) is 12.8 Å². The van der Waals surface area contributed by atoms with Gasteiger partial charge >= 0.3 is 0 Å². The van der Waals surface area contributed by atoms with Crippen molar-refractivity contribution in [1.29, 1.82) is 0 Å². The number of hydrogen-bond donors (Lipinski definition) is 1. The van der Waals surface area contributed by atoms with Crippen LogP contribution in [0.1, 0.15) is 18.4 Å². The van der Waals surface area contributed by atoms with Crippen LogP contribution in [0.15, 0.2) is 18.2 Å². The summed E-state index contributed by atoms with van der Waals surface area (Å²) in [5.74, 6) is 0.725. The minimum Gasteiger partial charge on any atom is -0.381 e. The molecule has 0 aromatic heterocycles. The van der Waals surface area contributed by atoms with E-state index < -0.39 is 0 Å². The Bertz CT molecular complexity index is 364. The standard InChI is InChI=1S/C13H17Cl2NO/c14-12-2-1-11(13(15)7-12)8-16-5-3-10-4-6-17-9-10/h1-2,7,10,16H,3-6,8-9H2. The maximum Gasteiger partial charge on any atom is 0.0495 e. The molecule has 94 valence electrons. The van der Waals surface area contributed by atoms with Gasteiger partial charge in [-0.05, 0) is 43.0 Å². The predicted molar refractivity (Wildman–Crippen MR) is 71.7 cm³/mol. The van der Waals surface area contributed by atoms with E-state index in [2.05, 4.69) is 5.32 Å². The van der Waals surface area contributed by atoms with E-state index in [1.54, 1.807) is 6.07 Å². The number of ether oxygens (including phenoxy) is 1. The van der Waals surface area contributed by atoms with Crippen LogP contribution in [0.3, 0.4) is 0 Å². The second kappa shape index (κ2) is 6.60. The molecular weight excluding hydrogens is 257 g/mol. The van der Waals surface area contributed by atoms with Crippen LogP contribution in [-0.2, 0) is 11.3 Å². The fourth-order valence-electron chi connectivity index (χ4n) is 2.01. The molecule has 0 radical (unpaired) electrons. The van der Waals surface area contributed by atoms with Crippen LogP contribution in [0.5, 0.6) is 0 Å². The van der Waals surface area contributed by atoms with Gasteiger partial charge in [0, 0.05) is 29.8 Å². The molecule has 2 nitrogen and oxygen atoms in total. The van der Waals surface area contributed by atoms with Crippen molar-refractivity contribution in [2.45, 2.75) is 19.4 Å². The summed E-state index contributed by atoms with van der Waals surface area (Å²) in [6, 6.07) is 5.62. The van der Waals surface area contributed by atoms with Crippen LogP contribution in [0, 0.1) is 5.92 Å². The quantitative estimate of drug-likeness (QED) is 0.830. The second-order valence-electron chi connectivity index (χ2n) is 4.43. The second-order valence-corrected chi connectivity index (χ2v) is 5.27. The summed E-state index contributed by atoms with van der Waals surface area (Å²) < 4.78 is 5.34. The summed E-state index contributed by atoms with van der Waals surface area (Å²) in [5, 5.41) is 4.82. The minimum absolute atomic E-state index is 0.682. The van der Waals surface area contributed by atoms with Crippen molar-refractivity contribution in [2.75, 3.05) is 19.8 Å². The Hall–Kier alpha value is -0.280. The first kappa shape index (κ1) is 13.2. The topological polar surface area (TPSA) is 21.3 Å². The molecule has 2 rings (SSSR count). The highest BCUT2D eigenvalue weighted by molar-refractivity contribution is 6.35. The molecule has 0 saturated carbocycles. The zero-order valence-corrected chi connectivity index (χ0v) is 11.2. The van der Waals surface area contributed by atoms with E-state index in [-0.39, 0.29) is 0 Å². The van der Waals surface area contributed by atoms with E-state index >= 15 is 0 Å². The summed E-state index contributed by atoms with van der Waals surface area (Å²) in [4.78, 5) is 0. The van der Waals surface area contributed by atoms with Gasteiger partial charge in [0.1, 0.15) is 0 Å². The molecule has 1 aromatic carbocycles. The van der Waals surface area contributed by atoms with Gasteiger partial charge < -0.3 is 10.1 Å². The lowest BCUT2D eigenvalue weighted by atomic mass is 10.1. The first-order chi connectivity index (χ1) is 8.25. The highest BCUT2D eigenvalue weighted by atomic mass is 35.5. The Morgan fingerprint density at radius 2 is 2.24 bits per heavy atom. The van der Waals surface area contributed by atoms with Gasteiger partial charge in [0.15, 0.2) is 0 Å². The number of hydrogen-bond acceptors (Lipinski definition) is 2. The number of rotatable bonds is 5. The van der Waals surface area contributed by atoms with Gasteiger partial charge in [-0.25, -0.2) is 0 Å². The molecule has 1 aliphatic rings. The van der Waals surface area contributed by atoms with Crippen molar-refractivity contribution in [3.63, 3.8) is 0 Å².